The smallest absolute Gasteiger partial charge is 0.0877 e. The monoisotopic (exact) mass is 305 g/mol. The Kier molecular flexibility index (Phi) is 4.46. The van der Waals surface area contributed by atoms with Crippen molar-refractivity contribution in [3.05, 3.63) is 41.7 Å². The fourth-order valence-corrected chi connectivity index (χ4v) is 3.07. The van der Waals surface area contributed by atoms with E-state index in [9.17, 15) is 0 Å². The number of hydrogen-bond donors (Lipinski definition) is 1. The molecule has 0 unspecified atom stereocenters. The molecular formula is C16H20ClN3O. The van der Waals surface area contributed by atoms with Gasteiger partial charge >= 0.3 is 0 Å². The molecule has 1 heterocycles. The number of ether oxygens (including phenoxy) is 1. The Morgan fingerprint density at radius 3 is 2.76 bits per heavy atom. The minimum absolute atomic E-state index is 0.410. The number of benzene rings is 1. The van der Waals surface area contributed by atoms with Crippen LogP contribution in [-0.2, 0) is 4.74 Å². The van der Waals surface area contributed by atoms with E-state index in [1.807, 2.05) is 35.1 Å². The van der Waals surface area contributed by atoms with Gasteiger partial charge in [0, 0.05) is 30.6 Å². The van der Waals surface area contributed by atoms with Gasteiger partial charge in [-0.15, -0.1) is 0 Å². The number of aromatic nitrogens is 2. The molecule has 0 bridgehead atoms. The third-order valence-electron chi connectivity index (χ3n) is 4.08. The maximum Gasteiger partial charge on any atom is 0.0877 e. The van der Waals surface area contributed by atoms with Crippen LogP contribution in [0.2, 0.25) is 5.02 Å². The van der Waals surface area contributed by atoms with Crippen LogP contribution in [0, 0.1) is 0 Å². The van der Waals surface area contributed by atoms with E-state index in [1.54, 1.807) is 13.3 Å². The zero-order valence-electron chi connectivity index (χ0n) is 12.1. The fraction of sp³-hybridized carbons (Fsp3) is 0.438. The highest BCUT2D eigenvalue weighted by atomic mass is 35.5. The molecule has 1 N–H and O–H groups in total. The van der Waals surface area contributed by atoms with Crippen LogP contribution in [-0.4, -0.2) is 29.0 Å². The Morgan fingerprint density at radius 2 is 2.10 bits per heavy atom. The molecule has 1 aromatic heterocycles. The minimum atomic E-state index is 0.410. The highest BCUT2D eigenvalue weighted by Crippen LogP contribution is 2.29. The molecule has 5 heteroatoms. The molecule has 0 amide bonds. The van der Waals surface area contributed by atoms with E-state index in [1.165, 1.54) is 0 Å². The molecule has 0 aliphatic heterocycles. The SMILES string of the molecule is COC1CCC(Nc2cc(Cl)ccc2-n2cccn2)CC1. The molecule has 4 nitrogen and oxygen atoms in total. The summed E-state index contributed by atoms with van der Waals surface area (Å²) in [6, 6.07) is 8.25. The number of methoxy groups -OCH3 is 1. The van der Waals surface area contributed by atoms with E-state index in [0.717, 1.165) is 42.1 Å². The summed E-state index contributed by atoms with van der Waals surface area (Å²) in [7, 11) is 1.80. The number of halogens is 1. The van der Waals surface area contributed by atoms with Crippen LogP contribution in [0.1, 0.15) is 25.7 Å². The zero-order chi connectivity index (χ0) is 14.7. The molecule has 0 saturated heterocycles. The van der Waals surface area contributed by atoms with Gasteiger partial charge in [-0.05, 0) is 49.9 Å². The second-order valence-electron chi connectivity index (χ2n) is 5.47. The van der Waals surface area contributed by atoms with Crippen molar-refractivity contribution in [1.82, 2.24) is 9.78 Å². The second kappa shape index (κ2) is 6.50. The van der Waals surface area contributed by atoms with Crippen molar-refractivity contribution >= 4 is 17.3 Å². The summed E-state index contributed by atoms with van der Waals surface area (Å²) in [6.07, 6.45) is 8.57. The van der Waals surface area contributed by atoms with Crippen molar-refractivity contribution in [3.8, 4) is 5.69 Å². The molecule has 0 radical (unpaired) electrons. The summed E-state index contributed by atoms with van der Waals surface area (Å²) in [5, 5.41) is 8.67. The Bertz CT molecular complexity index is 577. The molecule has 0 atom stereocenters. The molecule has 1 aromatic carbocycles. The first-order chi connectivity index (χ1) is 10.3. The van der Waals surface area contributed by atoms with Crippen molar-refractivity contribution in [1.29, 1.82) is 0 Å². The van der Waals surface area contributed by atoms with E-state index in [-0.39, 0.29) is 0 Å². The number of nitrogens with zero attached hydrogens (tertiary/aromatic N) is 2. The number of rotatable bonds is 4. The molecule has 1 aliphatic rings. The van der Waals surface area contributed by atoms with E-state index in [2.05, 4.69) is 10.4 Å². The Hall–Kier alpha value is -1.52. The van der Waals surface area contributed by atoms with Crippen molar-refractivity contribution < 1.29 is 4.74 Å². The van der Waals surface area contributed by atoms with Gasteiger partial charge in [0.2, 0.25) is 0 Å². The molecule has 3 rings (SSSR count). The summed E-state index contributed by atoms with van der Waals surface area (Å²) in [4.78, 5) is 0. The van der Waals surface area contributed by atoms with Crippen molar-refractivity contribution in [3.63, 3.8) is 0 Å². The van der Waals surface area contributed by atoms with E-state index in [4.69, 9.17) is 16.3 Å². The van der Waals surface area contributed by atoms with Gasteiger partial charge < -0.3 is 10.1 Å². The third-order valence-corrected chi connectivity index (χ3v) is 4.31. The lowest BCUT2D eigenvalue weighted by Crippen LogP contribution is -2.29. The van der Waals surface area contributed by atoms with Crippen LogP contribution in [0.5, 0.6) is 0 Å². The molecule has 1 saturated carbocycles. The number of hydrogen-bond acceptors (Lipinski definition) is 3. The lowest BCUT2D eigenvalue weighted by Gasteiger charge is -2.29. The van der Waals surface area contributed by atoms with Crippen LogP contribution in [0.15, 0.2) is 36.7 Å². The topological polar surface area (TPSA) is 39.1 Å². The van der Waals surface area contributed by atoms with E-state index in [0.29, 0.717) is 12.1 Å². The van der Waals surface area contributed by atoms with Gasteiger partial charge in [0.1, 0.15) is 0 Å². The fourth-order valence-electron chi connectivity index (χ4n) is 2.90. The van der Waals surface area contributed by atoms with Gasteiger partial charge in [-0.2, -0.15) is 5.10 Å². The largest absolute Gasteiger partial charge is 0.381 e. The number of anilines is 1. The summed E-state index contributed by atoms with van der Waals surface area (Å²) < 4.78 is 7.29. The quantitative estimate of drug-likeness (QED) is 0.931. The molecule has 2 aromatic rings. The van der Waals surface area contributed by atoms with E-state index < -0.39 is 0 Å². The van der Waals surface area contributed by atoms with Gasteiger partial charge in [-0.25, -0.2) is 4.68 Å². The first-order valence-electron chi connectivity index (χ1n) is 7.35. The van der Waals surface area contributed by atoms with Gasteiger partial charge in [-0.3, -0.25) is 0 Å². The zero-order valence-corrected chi connectivity index (χ0v) is 12.9. The minimum Gasteiger partial charge on any atom is -0.381 e. The maximum atomic E-state index is 6.15. The van der Waals surface area contributed by atoms with E-state index >= 15 is 0 Å². The van der Waals surface area contributed by atoms with Crippen molar-refractivity contribution in [2.45, 2.75) is 37.8 Å². The Labute approximate surface area is 130 Å². The lowest BCUT2D eigenvalue weighted by atomic mass is 9.93. The van der Waals surface area contributed by atoms with Gasteiger partial charge in [0.15, 0.2) is 0 Å². The van der Waals surface area contributed by atoms with Crippen molar-refractivity contribution in [2.75, 3.05) is 12.4 Å². The summed E-state index contributed by atoms with van der Waals surface area (Å²) >= 11 is 6.15. The number of nitrogens with one attached hydrogen (secondary N) is 1. The summed E-state index contributed by atoms with van der Waals surface area (Å²) in [5.74, 6) is 0. The van der Waals surface area contributed by atoms with Gasteiger partial charge in [0.25, 0.3) is 0 Å². The van der Waals surface area contributed by atoms with Crippen LogP contribution in [0.3, 0.4) is 0 Å². The lowest BCUT2D eigenvalue weighted by molar-refractivity contribution is 0.0682. The predicted octanol–water partition coefficient (Wildman–Crippen LogP) is 3.90. The second-order valence-corrected chi connectivity index (χ2v) is 5.90. The first kappa shape index (κ1) is 14.4. The standard InChI is InChI=1S/C16H20ClN3O/c1-21-14-6-4-13(5-7-14)19-15-11-12(17)3-8-16(15)20-10-2-9-18-20/h2-3,8-11,13-14,19H,4-7H2,1H3. The van der Waals surface area contributed by atoms with Crippen LogP contribution < -0.4 is 5.32 Å². The molecule has 1 fully saturated rings. The first-order valence-corrected chi connectivity index (χ1v) is 7.73. The average Bonchev–Trinajstić information content (AvgIpc) is 3.02. The maximum absolute atomic E-state index is 6.15. The highest BCUT2D eigenvalue weighted by molar-refractivity contribution is 6.31. The van der Waals surface area contributed by atoms with Crippen LogP contribution in [0.4, 0.5) is 5.69 Å². The van der Waals surface area contributed by atoms with Gasteiger partial charge in [0.05, 0.1) is 17.5 Å². The van der Waals surface area contributed by atoms with Gasteiger partial charge in [-0.1, -0.05) is 11.6 Å². The van der Waals surface area contributed by atoms with Crippen LogP contribution in [0.25, 0.3) is 5.69 Å². The molecule has 0 spiro atoms. The average molecular weight is 306 g/mol. The molecular weight excluding hydrogens is 286 g/mol. The Balaban J connectivity index is 1.77. The Morgan fingerprint density at radius 1 is 1.29 bits per heavy atom. The van der Waals surface area contributed by atoms with Crippen molar-refractivity contribution in [2.24, 2.45) is 0 Å². The normalized spacial score (nSPS) is 22.2. The molecule has 1 aliphatic carbocycles. The third kappa shape index (κ3) is 3.39. The highest BCUT2D eigenvalue weighted by Gasteiger charge is 2.21. The molecule has 21 heavy (non-hydrogen) atoms. The predicted molar refractivity (Wildman–Crippen MR) is 85.2 cm³/mol. The summed E-state index contributed by atoms with van der Waals surface area (Å²) in [5.41, 5.74) is 2.06. The van der Waals surface area contributed by atoms with Crippen LogP contribution >= 0.6 is 11.6 Å². The molecule has 112 valence electrons. The summed E-state index contributed by atoms with van der Waals surface area (Å²) in [6.45, 7) is 0.